The van der Waals surface area contributed by atoms with Gasteiger partial charge in [-0.3, -0.25) is 19.4 Å². The number of aromatic nitrogens is 2. The molecule has 2 N–H and O–H groups in total. The predicted molar refractivity (Wildman–Crippen MR) is 237 cm³/mol. The molecule has 1 aliphatic heterocycles. The zero-order chi connectivity index (χ0) is 45.5. The number of carbonyl (C=O) groups excluding carboxylic acids is 4. The van der Waals surface area contributed by atoms with Gasteiger partial charge in [0.25, 0.3) is 5.91 Å². The molecule has 4 amide bonds. The van der Waals surface area contributed by atoms with E-state index in [0.717, 1.165) is 5.56 Å². The van der Waals surface area contributed by atoms with Crippen LogP contribution in [0, 0.1) is 5.41 Å². The van der Waals surface area contributed by atoms with Crippen LogP contribution in [0.25, 0.3) is 22.2 Å². The predicted octanol–water partition coefficient (Wildman–Crippen LogP) is 6.32. The molecular weight excluding hydrogens is 825 g/mol. The lowest BCUT2D eigenvalue weighted by atomic mass is 9.85. The van der Waals surface area contributed by atoms with Crippen molar-refractivity contribution in [3.05, 3.63) is 97.0 Å². The van der Waals surface area contributed by atoms with Crippen molar-refractivity contribution in [1.29, 1.82) is 0 Å². The summed E-state index contributed by atoms with van der Waals surface area (Å²) in [6.07, 6.45) is 1.88. The number of nitrogens with zero attached hydrogens (tertiary/aromatic N) is 4. The lowest BCUT2D eigenvalue weighted by Crippen LogP contribution is -2.59. The number of alkyl carbamates (subject to hydrolysis) is 1. The molecule has 0 radical (unpaired) electrons. The van der Waals surface area contributed by atoms with Gasteiger partial charge in [0.1, 0.15) is 41.0 Å². The number of likely N-dealkylation sites (tertiary alicyclic amines) is 1. The number of ether oxygens (including phenoxy) is 3. The smallest absolute Gasteiger partial charge is 0.408 e. The Morgan fingerprint density at radius 2 is 1.67 bits per heavy atom. The number of nitrogens with one attached hydrogen (secondary N) is 2. The highest BCUT2D eigenvalue weighted by Crippen LogP contribution is 2.46. The fraction of sp³-hybridized carbons (Fsp3) is 0.447. The van der Waals surface area contributed by atoms with Crippen molar-refractivity contribution in [1.82, 2.24) is 29.8 Å². The topological polar surface area (TPSA) is 186 Å². The molecule has 0 spiro atoms. The summed E-state index contributed by atoms with van der Waals surface area (Å²) in [5, 5.41) is 3.42. The zero-order valence-corrected chi connectivity index (χ0v) is 37.7. The van der Waals surface area contributed by atoms with E-state index in [1.165, 1.54) is 9.80 Å². The van der Waals surface area contributed by atoms with Gasteiger partial charge in [0.2, 0.25) is 21.8 Å². The molecule has 3 unspecified atom stereocenters. The Hall–Kier alpha value is -6.03. The van der Waals surface area contributed by atoms with Gasteiger partial charge in [0.15, 0.2) is 0 Å². The highest BCUT2D eigenvalue weighted by molar-refractivity contribution is 7.91. The van der Waals surface area contributed by atoms with Crippen LogP contribution in [0.15, 0.2) is 91.3 Å². The van der Waals surface area contributed by atoms with Crippen LogP contribution in [-0.2, 0) is 35.6 Å². The third-order valence-corrected chi connectivity index (χ3v) is 13.6. The molecule has 3 aliphatic rings. The van der Waals surface area contributed by atoms with Crippen molar-refractivity contribution in [2.24, 2.45) is 5.41 Å². The molecule has 4 aromatic rings. The Morgan fingerprint density at radius 3 is 2.27 bits per heavy atom. The van der Waals surface area contributed by atoms with Crippen LogP contribution < -0.4 is 19.5 Å². The normalized spacial score (nSPS) is 18.8. The fourth-order valence-electron chi connectivity index (χ4n) is 7.88. The Morgan fingerprint density at radius 1 is 0.968 bits per heavy atom. The van der Waals surface area contributed by atoms with Crippen LogP contribution >= 0.6 is 0 Å². The Labute approximate surface area is 368 Å². The van der Waals surface area contributed by atoms with E-state index in [-0.39, 0.29) is 25.1 Å². The van der Waals surface area contributed by atoms with Gasteiger partial charge in [-0.1, -0.05) is 63.7 Å². The number of amides is 4. The van der Waals surface area contributed by atoms with E-state index in [0.29, 0.717) is 59.5 Å². The van der Waals surface area contributed by atoms with Gasteiger partial charge < -0.3 is 29.3 Å². The van der Waals surface area contributed by atoms with Crippen molar-refractivity contribution >= 4 is 44.7 Å². The van der Waals surface area contributed by atoms with Crippen molar-refractivity contribution in [3.63, 3.8) is 0 Å². The first-order valence-electron chi connectivity index (χ1n) is 21.2. The molecule has 2 aromatic heterocycles. The minimum absolute atomic E-state index is 0.00187. The molecule has 1 saturated heterocycles. The summed E-state index contributed by atoms with van der Waals surface area (Å²) in [7, 11) is -2.66. The SMILES string of the molecule is C=C(C(=O)NS(=O)(=O)C1(Cc2ccccn2)CC1)N(C(=O)C1CC(Oc2cc(-c3ccccc3)nc3cc(OC)ccc23)CN1C(=O)C(NC(=O)OC(C)(C)C)C(C)(C)C)C1CC1. The average Bonchev–Trinajstić information content (AvgIpc) is 4.17. The third kappa shape index (κ3) is 10.1. The molecule has 0 bridgehead atoms. The van der Waals surface area contributed by atoms with Gasteiger partial charge in [-0.2, -0.15) is 0 Å². The van der Waals surface area contributed by atoms with Gasteiger partial charge >= 0.3 is 6.09 Å². The Bertz CT molecular complexity index is 2510. The fourth-order valence-corrected chi connectivity index (χ4v) is 9.43. The summed E-state index contributed by atoms with van der Waals surface area (Å²) in [6, 6.07) is 19.3. The molecule has 3 heterocycles. The molecular formula is C47H56N6O9S. The van der Waals surface area contributed by atoms with E-state index in [1.54, 1.807) is 85.2 Å². The Kier molecular flexibility index (Phi) is 12.3. The van der Waals surface area contributed by atoms with Crippen LogP contribution in [0.5, 0.6) is 11.5 Å². The number of hydrogen-bond donors (Lipinski definition) is 2. The first-order chi connectivity index (χ1) is 29.7. The van der Waals surface area contributed by atoms with Gasteiger partial charge in [-0.25, -0.2) is 22.9 Å². The molecule has 334 valence electrons. The monoisotopic (exact) mass is 880 g/mol. The van der Waals surface area contributed by atoms with Crippen LogP contribution in [0.3, 0.4) is 0 Å². The summed E-state index contributed by atoms with van der Waals surface area (Å²) >= 11 is 0. The number of rotatable bonds is 14. The first kappa shape index (κ1) is 45.0. The van der Waals surface area contributed by atoms with Crippen molar-refractivity contribution < 1.29 is 41.8 Å². The van der Waals surface area contributed by atoms with Crippen molar-refractivity contribution in [2.75, 3.05) is 13.7 Å². The number of benzene rings is 2. The van der Waals surface area contributed by atoms with Crippen LogP contribution in [0.1, 0.15) is 79.3 Å². The standard InChI is InChI=1S/C47H56N6O9S/c1-29(41(54)51-63(58,59)47(21-22-47)27-31-16-12-13-23-48-31)53(32-17-18-32)42(55)38-25-34(28-52(38)43(56)40(45(2,3)4)50-44(57)62-46(5,6)7)61-39-26-36(30-14-10-9-11-15-30)49-37-24-33(60-8)19-20-35(37)39/h9-16,19-20,23-24,26,32,34,38,40H,1,17-18,21-22,25,27-28H2,2-8H3,(H,50,57)(H,51,54). The molecule has 63 heavy (non-hydrogen) atoms. The zero-order valence-electron chi connectivity index (χ0n) is 36.8. The van der Waals surface area contributed by atoms with Crippen LogP contribution in [-0.4, -0.2) is 100 Å². The average molecular weight is 881 g/mol. The lowest BCUT2D eigenvalue weighted by Gasteiger charge is -2.37. The molecule has 3 atom stereocenters. The van der Waals surface area contributed by atoms with Gasteiger partial charge in [-0.05, 0) is 76.1 Å². The largest absolute Gasteiger partial charge is 0.497 e. The van der Waals surface area contributed by atoms with E-state index in [2.05, 4.69) is 21.6 Å². The number of hydrogen-bond acceptors (Lipinski definition) is 11. The maximum atomic E-state index is 15.0. The molecule has 2 aliphatic carbocycles. The molecule has 2 saturated carbocycles. The maximum Gasteiger partial charge on any atom is 0.408 e. The quantitative estimate of drug-likeness (QED) is 0.135. The van der Waals surface area contributed by atoms with Crippen molar-refractivity contribution in [3.8, 4) is 22.8 Å². The second-order valence-corrected chi connectivity index (χ2v) is 20.8. The molecule has 7 rings (SSSR count). The number of methoxy groups -OCH3 is 1. The van der Waals surface area contributed by atoms with Gasteiger partial charge in [-0.15, -0.1) is 0 Å². The summed E-state index contributed by atoms with van der Waals surface area (Å²) in [5.74, 6) is -1.16. The first-order valence-corrected chi connectivity index (χ1v) is 22.7. The number of pyridine rings is 2. The molecule has 15 nitrogen and oxygen atoms in total. The highest BCUT2D eigenvalue weighted by atomic mass is 32.2. The lowest BCUT2D eigenvalue weighted by molar-refractivity contribution is -0.146. The third-order valence-electron chi connectivity index (χ3n) is 11.5. The van der Waals surface area contributed by atoms with Crippen LogP contribution in [0.4, 0.5) is 4.79 Å². The van der Waals surface area contributed by atoms with E-state index < -0.39 is 73.8 Å². The van der Waals surface area contributed by atoms with E-state index in [1.807, 2.05) is 42.5 Å². The number of carbonyl (C=O) groups is 4. The highest BCUT2D eigenvalue weighted by Gasteiger charge is 2.56. The molecule has 3 fully saturated rings. The van der Waals surface area contributed by atoms with E-state index in [9.17, 15) is 22.8 Å². The van der Waals surface area contributed by atoms with Crippen molar-refractivity contribution in [2.45, 2.75) is 115 Å². The van der Waals surface area contributed by atoms with E-state index in [4.69, 9.17) is 19.2 Å². The summed E-state index contributed by atoms with van der Waals surface area (Å²) in [5.41, 5.74) is 0.592. The maximum absolute atomic E-state index is 15.0. The molecule has 16 heteroatoms. The van der Waals surface area contributed by atoms with Gasteiger partial charge in [0.05, 0.1) is 29.6 Å². The minimum atomic E-state index is -4.23. The van der Waals surface area contributed by atoms with E-state index >= 15 is 4.79 Å². The second kappa shape index (κ2) is 17.3. The minimum Gasteiger partial charge on any atom is -0.497 e. The Balaban J connectivity index is 1.21. The van der Waals surface area contributed by atoms with Gasteiger partial charge in [0, 0.05) is 53.9 Å². The molecule has 2 aromatic carbocycles. The summed E-state index contributed by atoms with van der Waals surface area (Å²) in [4.78, 5) is 68.9. The number of sulfonamides is 1. The summed E-state index contributed by atoms with van der Waals surface area (Å²) < 4.78 is 46.4. The summed E-state index contributed by atoms with van der Waals surface area (Å²) in [6.45, 7) is 14.4. The second-order valence-electron chi connectivity index (χ2n) is 18.7. The van der Waals surface area contributed by atoms with Crippen LogP contribution in [0.2, 0.25) is 0 Å². The number of fused-ring (bicyclic) bond motifs is 1.